The quantitative estimate of drug-likeness (QED) is 0.849. The van der Waals surface area contributed by atoms with Crippen LogP contribution in [0.2, 0.25) is 0 Å². The molecule has 1 heterocycles. The van der Waals surface area contributed by atoms with E-state index in [0.29, 0.717) is 17.5 Å². The van der Waals surface area contributed by atoms with Gasteiger partial charge in [0.15, 0.2) is 6.61 Å². The number of hydrogen-bond donors (Lipinski definition) is 0. The second-order valence-electron chi connectivity index (χ2n) is 3.53. The lowest BCUT2D eigenvalue weighted by atomic mass is 10.3. The maximum absolute atomic E-state index is 5.58. The number of aromatic nitrogens is 2. The normalized spacial score (nSPS) is 10.4. The summed E-state index contributed by atoms with van der Waals surface area (Å²) in [5, 5.41) is 7.75. The molecule has 0 fully saturated rings. The van der Waals surface area contributed by atoms with Gasteiger partial charge in [-0.05, 0) is 34.1 Å². The molecular formula is C12H13BrN2O3. The van der Waals surface area contributed by atoms with Crippen LogP contribution in [0.1, 0.15) is 18.7 Å². The number of ether oxygens (including phenoxy) is 2. The van der Waals surface area contributed by atoms with Gasteiger partial charge in [-0.15, -0.1) is 10.2 Å². The van der Waals surface area contributed by atoms with Crippen molar-refractivity contribution < 1.29 is 13.9 Å². The third-order valence-electron chi connectivity index (χ3n) is 2.30. The zero-order chi connectivity index (χ0) is 13.0. The molecule has 0 aliphatic rings. The first-order valence-corrected chi connectivity index (χ1v) is 6.29. The molecule has 5 nitrogen and oxygen atoms in total. The molecule has 0 amide bonds. The van der Waals surface area contributed by atoms with Crippen LogP contribution in [0, 0.1) is 0 Å². The van der Waals surface area contributed by atoms with E-state index < -0.39 is 0 Å². The number of aryl methyl sites for hydroxylation is 1. The maximum Gasteiger partial charge on any atom is 0.253 e. The van der Waals surface area contributed by atoms with Crippen molar-refractivity contribution in [1.82, 2.24) is 10.2 Å². The van der Waals surface area contributed by atoms with Crippen molar-refractivity contribution in [2.75, 3.05) is 7.11 Å². The lowest BCUT2D eigenvalue weighted by Gasteiger charge is -2.07. The van der Waals surface area contributed by atoms with Gasteiger partial charge in [-0.1, -0.05) is 6.92 Å². The lowest BCUT2D eigenvalue weighted by molar-refractivity contribution is 0.257. The van der Waals surface area contributed by atoms with Gasteiger partial charge in [0.1, 0.15) is 11.5 Å². The molecule has 0 radical (unpaired) electrons. The molecule has 18 heavy (non-hydrogen) atoms. The molecule has 1 aromatic carbocycles. The zero-order valence-corrected chi connectivity index (χ0v) is 11.7. The maximum atomic E-state index is 5.58. The summed E-state index contributed by atoms with van der Waals surface area (Å²) in [5.41, 5.74) is 0. The van der Waals surface area contributed by atoms with Crippen LogP contribution in [-0.2, 0) is 13.0 Å². The molecule has 0 saturated heterocycles. The van der Waals surface area contributed by atoms with E-state index in [1.807, 2.05) is 25.1 Å². The highest BCUT2D eigenvalue weighted by Crippen LogP contribution is 2.29. The fourth-order valence-corrected chi connectivity index (χ4v) is 1.83. The van der Waals surface area contributed by atoms with Gasteiger partial charge in [0, 0.05) is 6.42 Å². The summed E-state index contributed by atoms with van der Waals surface area (Å²) in [6.07, 6.45) is 0.721. The fraction of sp³-hybridized carbons (Fsp3) is 0.333. The molecule has 0 aliphatic heterocycles. The standard InChI is InChI=1S/C12H13BrN2O3/c1-3-11-14-15-12(18-11)7-17-10-5-4-8(16-2)6-9(10)13/h4-6H,3,7H2,1-2H3. The number of methoxy groups -OCH3 is 1. The second kappa shape index (κ2) is 5.86. The minimum absolute atomic E-state index is 0.248. The van der Waals surface area contributed by atoms with Crippen molar-refractivity contribution in [2.24, 2.45) is 0 Å². The summed E-state index contributed by atoms with van der Waals surface area (Å²) in [6, 6.07) is 5.48. The van der Waals surface area contributed by atoms with E-state index in [1.54, 1.807) is 7.11 Å². The molecular weight excluding hydrogens is 300 g/mol. The van der Waals surface area contributed by atoms with Crippen molar-refractivity contribution in [2.45, 2.75) is 20.0 Å². The van der Waals surface area contributed by atoms with Gasteiger partial charge in [0.05, 0.1) is 11.6 Å². The van der Waals surface area contributed by atoms with Crippen molar-refractivity contribution in [3.05, 3.63) is 34.5 Å². The van der Waals surface area contributed by atoms with Crippen LogP contribution in [0.4, 0.5) is 0 Å². The van der Waals surface area contributed by atoms with E-state index in [4.69, 9.17) is 13.9 Å². The summed E-state index contributed by atoms with van der Waals surface area (Å²) in [5.74, 6) is 2.55. The minimum Gasteiger partial charge on any atom is -0.497 e. The molecule has 0 spiro atoms. The highest BCUT2D eigenvalue weighted by atomic mass is 79.9. The molecule has 0 bridgehead atoms. The van der Waals surface area contributed by atoms with E-state index in [9.17, 15) is 0 Å². The molecule has 0 aliphatic carbocycles. The van der Waals surface area contributed by atoms with Crippen LogP contribution in [0.5, 0.6) is 11.5 Å². The Hall–Kier alpha value is -1.56. The van der Waals surface area contributed by atoms with Gasteiger partial charge in [-0.3, -0.25) is 0 Å². The largest absolute Gasteiger partial charge is 0.497 e. The molecule has 6 heteroatoms. The number of halogens is 1. The fourth-order valence-electron chi connectivity index (χ4n) is 1.35. The molecule has 0 atom stereocenters. The van der Waals surface area contributed by atoms with Crippen LogP contribution in [0.25, 0.3) is 0 Å². The average Bonchev–Trinajstić information content (AvgIpc) is 2.85. The Balaban J connectivity index is 2.01. The summed E-state index contributed by atoms with van der Waals surface area (Å²) >= 11 is 3.41. The van der Waals surface area contributed by atoms with Gasteiger partial charge in [0.25, 0.3) is 5.89 Å². The number of nitrogens with zero attached hydrogens (tertiary/aromatic N) is 2. The SMILES string of the molecule is CCc1nnc(COc2ccc(OC)cc2Br)o1. The van der Waals surface area contributed by atoms with Gasteiger partial charge < -0.3 is 13.9 Å². The van der Waals surface area contributed by atoms with Crippen molar-refractivity contribution in [1.29, 1.82) is 0 Å². The topological polar surface area (TPSA) is 57.4 Å². The molecule has 0 N–H and O–H groups in total. The second-order valence-corrected chi connectivity index (χ2v) is 4.38. The highest BCUT2D eigenvalue weighted by Gasteiger charge is 2.07. The van der Waals surface area contributed by atoms with E-state index >= 15 is 0 Å². The Morgan fingerprint density at radius 3 is 2.67 bits per heavy atom. The van der Waals surface area contributed by atoms with Crippen LogP contribution in [-0.4, -0.2) is 17.3 Å². The highest BCUT2D eigenvalue weighted by molar-refractivity contribution is 9.10. The van der Waals surface area contributed by atoms with E-state index in [2.05, 4.69) is 26.1 Å². The monoisotopic (exact) mass is 312 g/mol. The lowest BCUT2D eigenvalue weighted by Crippen LogP contribution is -1.96. The predicted octanol–water partition coefficient (Wildman–Crippen LogP) is 2.98. The Kier molecular flexibility index (Phi) is 4.19. The van der Waals surface area contributed by atoms with E-state index in [0.717, 1.165) is 16.6 Å². The Morgan fingerprint density at radius 1 is 1.28 bits per heavy atom. The van der Waals surface area contributed by atoms with Crippen LogP contribution in [0.15, 0.2) is 27.1 Å². The Labute approximate surface area is 113 Å². The van der Waals surface area contributed by atoms with E-state index in [-0.39, 0.29) is 6.61 Å². The van der Waals surface area contributed by atoms with Gasteiger partial charge in [-0.2, -0.15) is 0 Å². The number of benzene rings is 1. The molecule has 2 rings (SSSR count). The summed E-state index contributed by atoms with van der Waals surface area (Å²) in [4.78, 5) is 0. The van der Waals surface area contributed by atoms with Crippen LogP contribution < -0.4 is 9.47 Å². The van der Waals surface area contributed by atoms with E-state index in [1.165, 1.54) is 0 Å². The smallest absolute Gasteiger partial charge is 0.253 e. The summed E-state index contributed by atoms with van der Waals surface area (Å²) < 4.78 is 16.9. The van der Waals surface area contributed by atoms with Gasteiger partial charge in [0.2, 0.25) is 5.89 Å². The first-order valence-electron chi connectivity index (χ1n) is 5.50. The molecule has 1 aromatic heterocycles. The summed E-state index contributed by atoms with van der Waals surface area (Å²) in [7, 11) is 1.62. The van der Waals surface area contributed by atoms with Gasteiger partial charge in [-0.25, -0.2) is 0 Å². The molecule has 96 valence electrons. The molecule has 0 saturated carbocycles. The Bertz CT molecular complexity index is 528. The average molecular weight is 313 g/mol. The number of rotatable bonds is 5. The summed E-state index contributed by atoms with van der Waals surface area (Å²) in [6.45, 7) is 2.20. The molecule has 2 aromatic rings. The van der Waals surface area contributed by atoms with Gasteiger partial charge >= 0.3 is 0 Å². The van der Waals surface area contributed by atoms with Crippen LogP contribution in [0.3, 0.4) is 0 Å². The number of hydrogen-bond acceptors (Lipinski definition) is 5. The first-order chi connectivity index (χ1) is 8.72. The first kappa shape index (κ1) is 12.9. The third-order valence-corrected chi connectivity index (χ3v) is 2.92. The van der Waals surface area contributed by atoms with Crippen molar-refractivity contribution in [3.8, 4) is 11.5 Å². The van der Waals surface area contributed by atoms with Crippen molar-refractivity contribution in [3.63, 3.8) is 0 Å². The Morgan fingerprint density at radius 2 is 2.06 bits per heavy atom. The predicted molar refractivity (Wildman–Crippen MR) is 68.7 cm³/mol. The molecule has 0 unspecified atom stereocenters. The third kappa shape index (κ3) is 3.01. The minimum atomic E-state index is 0.248. The zero-order valence-electron chi connectivity index (χ0n) is 10.1. The van der Waals surface area contributed by atoms with Crippen LogP contribution >= 0.6 is 15.9 Å². The van der Waals surface area contributed by atoms with Crippen molar-refractivity contribution >= 4 is 15.9 Å².